The molecule has 7 nitrogen and oxygen atoms in total. The van der Waals surface area contributed by atoms with Gasteiger partial charge in [0.1, 0.15) is 5.82 Å². The standard InChI is InChI=1S/C18H20BrFN2O5S/c1-3-27-17(23)15-10(2)22(12-6-7-28(25,26)9-12)18(24)21-16(15)11-4-5-14(20)13(19)8-11/h4-5,8,12,16H,3,6-7,9H2,1-2H3,(H,21,24)/t12-,16-/m1/s1. The van der Waals surface area contributed by atoms with Gasteiger partial charge in [0, 0.05) is 5.70 Å². The number of esters is 1. The highest BCUT2D eigenvalue weighted by Crippen LogP contribution is 2.35. The molecular formula is C18H20BrFN2O5S. The van der Waals surface area contributed by atoms with Gasteiger partial charge >= 0.3 is 12.0 Å². The Kier molecular flexibility index (Phi) is 5.81. The van der Waals surface area contributed by atoms with Crippen LogP contribution in [-0.2, 0) is 19.4 Å². The number of amides is 2. The molecule has 2 aliphatic rings. The van der Waals surface area contributed by atoms with E-state index in [-0.39, 0.29) is 28.2 Å². The van der Waals surface area contributed by atoms with E-state index >= 15 is 0 Å². The van der Waals surface area contributed by atoms with Gasteiger partial charge in [0.25, 0.3) is 0 Å². The molecule has 152 valence electrons. The van der Waals surface area contributed by atoms with E-state index in [1.165, 1.54) is 23.1 Å². The van der Waals surface area contributed by atoms with Gasteiger partial charge in [-0.2, -0.15) is 0 Å². The highest BCUT2D eigenvalue weighted by Gasteiger charge is 2.42. The number of benzene rings is 1. The molecule has 2 aliphatic heterocycles. The van der Waals surface area contributed by atoms with Gasteiger partial charge in [-0.1, -0.05) is 6.07 Å². The summed E-state index contributed by atoms with van der Waals surface area (Å²) in [6.07, 6.45) is 0.302. The largest absolute Gasteiger partial charge is 0.463 e. The lowest BCUT2D eigenvalue weighted by atomic mass is 9.94. The summed E-state index contributed by atoms with van der Waals surface area (Å²) in [7, 11) is -3.22. The van der Waals surface area contributed by atoms with Crippen molar-refractivity contribution in [2.45, 2.75) is 32.4 Å². The number of nitrogens with one attached hydrogen (secondary N) is 1. The first-order valence-electron chi connectivity index (χ1n) is 8.77. The lowest BCUT2D eigenvalue weighted by molar-refractivity contribution is -0.139. The van der Waals surface area contributed by atoms with Gasteiger partial charge in [0.15, 0.2) is 9.84 Å². The Morgan fingerprint density at radius 3 is 2.71 bits per heavy atom. The molecule has 0 bridgehead atoms. The maximum Gasteiger partial charge on any atom is 0.338 e. The number of nitrogens with zero attached hydrogens (tertiary/aromatic N) is 1. The van der Waals surface area contributed by atoms with Crippen LogP contribution < -0.4 is 5.32 Å². The summed E-state index contributed by atoms with van der Waals surface area (Å²) in [5, 5.41) is 2.74. The fourth-order valence-corrected chi connectivity index (χ4v) is 5.69. The lowest BCUT2D eigenvalue weighted by Crippen LogP contribution is -2.52. The summed E-state index contributed by atoms with van der Waals surface area (Å²) in [4.78, 5) is 26.8. The molecule has 10 heteroatoms. The average molecular weight is 475 g/mol. The smallest absolute Gasteiger partial charge is 0.338 e. The van der Waals surface area contributed by atoms with Crippen molar-refractivity contribution in [1.82, 2.24) is 10.2 Å². The highest BCUT2D eigenvalue weighted by molar-refractivity contribution is 9.10. The zero-order valence-corrected chi connectivity index (χ0v) is 17.8. The quantitative estimate of drug-likeness (QED) is 0.677. The maximum absolute atomic E-state index is 13.6. The number of urea groups is 1. The molecule has 1 aromatic carbocycles. The second kappa shape index (κ2) is 7.82. The third-order valence-electron chi connectivity index (χ3n) is 4.87. The molecule has 0 saturated carbocycles. The Balaban J connectivity index is 2.07. The van der Waals surface area contributed by atoms with Crippen LogP contribution in [0.4, 0.5) is 9.18 Å². The monoisotopic (exact) mass is 474 g/mol. The zero-order chi connectivity index (χ0) is 20.6. The number of rotatable bonds is 4. The van der Waals surface area contributed by atoms with Gasteiger partial charge < -0.3 is 10.1 Å². The van der Waals surface area contributed by atoms with Crippen LogP contribution in [0.1, 0.15) is 31.9 Å². The molecule has 2 atom stereocenters. The third kappa shape index (κ3) is 3.93. The van der Waals surface area contributed by atoms with Crippen LogP contribution in [0.5, 0.6) is 0 Å². The number of sulfone groups is 1. The Morgan fingerprint density at radius 1 is 1.43 bits per heavy atom. The van der Waals surface area contributed by atoms with Crippen molar-refractivity contribution in [3.8, 4) is 0 Å². The van der Waals surface area contributed by atoms with E-state index < -0.39 is 39.7 Å². The summed E-state index contributed by atoms with van der Waals surface area (Å²) in [6, 6.07) is 2.32. The number of carbonyl (C=O) groups excluding carboxylic acids is 2. The van der Waals surface area contributed by atoms with Gasteiger partial charge in [-0.25, -0.2) is 22.4 Å². The molecule has 1 aromatic rings. The van der Waals surface area contributed by atoms with Crippen LogP contribution in [0.25, 0.3) is 0 Å². The fourth-order valence-electron chi connectivity index (χ4n) is 3.59. The van der Waals surface area contributed by atoms with E-state index in [0.29, 0.717) is 17.7 Å². The molecule has 28 heavy (non-hydrogen) atoms. The number of halogens is 2. The van der Waals surface area contributed by atoms with Crippen molar-refractivity contribution in [2.75, 3.05) is 18.1 Å². The number of ether oxygens (including phenoxy) is 1. The van der Waals surface area contributed by atoms with Gasteiger partial charge in [-0.15, -0.1) is 0 Å². The Labute approximate surface area is 171 Å². The first-order valence-corrected chi connectivity index (χ1v) is 11.4. The zero-order valence-electron chi connectivity index (χ0n) is 15.4. The van der Waals surface area contributed by atoms with Crippen molar-refractivity contribution in [2.24, 2.45) is 0 Å². The fraction of sp³-hybridized carbons (Fsp3) is 0.444. The lowest BCUT2D eigenvalue weighted by Gasteiger charge is -2.38. The van der Waals surface area contributed by atoms with E-state index in [0.717, 1.165) is 0 Å². The SMILES string of the molecule is CCOC(=O)C1=C(C)N([C@@H]2CCS(=O)(=O)C2)C(=O)N[C@@H]1c1ccc(F)c(Br)c1. The van der Waals surface area contributed by atoms with E-state index in [2.05, 4.69) is 21.2 Å². The number of carbonyl (C=O) groups is 2. The summed E-state index contributed by atoms with van der Waals surface area (Å²) in [6.45, 7) is 3.41. The Bertz CT molecular complexity index is 963. The first-order chi connectivity index (χ1) is 13.1. The van der Waals surface area contributed by atoms with Gasteiger partial charge in [0.05, 0.1) is 40.2 Å². The van der Waals surface area contributed by atoms with Crippen molar-refractivity contribution < 1.29 is 27.1 Å². The molecule has 2 amide bonds. The van der Waals surface area contributed by atoms with Gasteiger partial charge in [0.2, 0.25) is 0 Å². The highest BCUT2D eigenvalue weighted by atomic mass is 79.9. The van der Waals surface area contributed by atoms with Crippen molar-refractivity contribution in [3.05, 3.63) is 45.3 Å². The predicted molar refractivity (Wildman–Crippen MR) is 104 cm³/mol. The molecule has 0 radical (unpaired) electrons. The van der Waals surface area contributed by atoms with Gasteiger partial charge in [-0.3, -0.25) is 4.90 Å². The summed E-state index contributed by atoms with van der Waals surface area (Å²) in [5.74, 6) is -1.24. The Hall–Kier alpha value is -1.94. The average Bonchev–Trinajstić information content (AvgIpc) is 2.96. The molecule has 1 fully saturated rings. The molecule has 0 spiro atoms. The summed E-state index contributed by atoms with van der Waals surface area (Å²) >= 11 is 3.11. The van der Waals surface area contributed by atoms with E-state index in [1.54, 1.807) is 13.8 Å². The molecule has 0 aliphatic carbocycles. The molecule has 1 saturated heterocycles. The van der Waals surface area contributed by atoms with Crippen molar-refractivity contribution >= 4 is 37.8 Å². The maximum atomic E-state index is 13.6. The van der Waals surface area contributed by atoms with Crippen molar-refractivity contribution in [3.63, 3.8) is 0 Å². The van der Waals surface area contributed by atoms with Crippen LogP contribution in [0.15, 0.2) is 33.9 Å². The van der Waals surface area contributed by atoms with Crippen LogP contribution in [0, 0.1) is 5.82 Å². The minimum atomic E-state index is -3.22. The van der Waals surface area contributed by atoms with E-state index in [1.807, 2.05) is 0 Å². The van der Waals surface area contributed by atoms with Gasteiger partial charge in [-0.05, 0) is 53.9 Å². The van der Waals surface area contributed by atoms with Crippen molar-refractivity contribution in [1.29, 1.82) is 0 Å². The second-order valence-corrected chi connectivity index (χ2v) is 9.79. The Morgan fingerprint density at radius 2 is 2.14 bits per heavy atom. The van der Waals surface area contributed by atoms with E-state index in [9.17, 15) is 22.4 Å². The number of hydrogen-bond donors (Lipinski definition) is 1. The molecule has 0 unspecified atom stereocenters. The van der Waals surface area contributed by atoms with E-state index in [4.69, 9.17) is 4.74 Å². The summed E-state index contributed by atoms with van der Waals surface area (Å²) in [5.41, 5.74) is 1.04. The first kappa shape index (κ1) is 20.8. The van der Waals surface area contributed by atoms with Crippen LogP contribution in [-0.4, -0.2) is 49.5 Å². The normalized spacial score (nSPS) is 24.3. The van der Waals surface area contributed by atoms with Crippen LogP contribution >= 0.6 is 15.9 Å². The minimum absolute atomic E-state index is 0.00218. The minimum Gasteiger partial charge on any atom is -0.463 e. The molecule has 1 N–H and O–H groups in total. The summed E-state index contributed by atoms with van der Waals surface area (Å²) < 4.78 is 42.7. The van der Waals surface area contributed by atoms with Crippen LogP contribution in [0.2, 0.25) is 0 Å². The molecule has 2 heterocycles. The molecule has 0 aromatic heterocycles. The number of allylic oxidation sites excluding steroid dienone is 1. The second-order valence-electron chi connectivity index (χ2n) is 6.70. The van der Waals surface area contributed by atoms with Crippen LogP contribution in [0.3, 0.4) is 0 Å². The topological polar surface area (TPSA) is 92.8 Å². The molecular weight excluding hydrogens is 455 g/mol. The predicted octanol–water partition coefficient (Wildman–Crippen LogP) is 2.68. The molecule has 3 rings (SSSR count). The number of hydrogen-bond acceptors (Lipinski definition) is 5. The third-order valence-corrected chi connectivity index (χ3v) is 7.23.